The molecule has 0 spiro atoms. The molecule has 1 N–H and O–H groups in total. The highest BCUT2D eigenvalue weighted by molar-refractivity contribution is 5.66. The molecule has 0 aromatic carbocycles. The molecule has 0 aliphatic heterocycles. The van der Waals surface area contributed by atoms with Crippen LogP contribution >= 0.6 is 0 Å². The summed E-state index contributed by atoms with van der Waals surface area (Å²) in [6.45, 7) is 2.21. The van der Waals surface area contributed by atoms with Crippen LogP contribution in [-0.4, -0.2) is 17.0 Å². The molecule has 0 radical (unpaired) electrons. The molecule has 0 aromatic rings. The Labute approximate surface area is 129 Å². The summed E-state index contributed by atoms with van der Waals surface area (Å²) >= 11 is 0. The molecule has 21 heavy (non-hydrogen) atoms. The molecule has 122 valence electrons. The van der Waals surface area contributed by atoms with Crippen molar-refractivity contribution < 1.29 is 14.7 Å². The SMILES string of the molecule is CCCCCCCC(=C=O)CCCCCCCCC(=O)O. The topological polar surface area (TPSA) is 54.4 Å². The molecule has 0 saturated heterocycles. The van der Waals surface area contributed by atoms with Crippen LogP contribution in [0.2, 0.25) is 0 Å². The van der Waals surface area contributed by atoms with Gasteiger partial charge < -0.3 is 5.11 Å². The first kappa shape index (κ1) is 19.9. The van der Waals surface area contributed by atoms with Crippen LogP contribution in [0.5, 0.6) is 0 Å². The van der Waals surface area contributed by atoms with E-state index in [1.165, 1.54) is 25.7 Å². The van der Waals surface area contributed by atoms with Crippen LogP contribution in [-0.2, 0) is 9.59 Å². The number of carbonyl (C=O) groups excluding carboxylic acids is 1. The Morgan fingerprint density at radius 2 is 1.19 bits per heavy atom. The van der Waals surface area contributed by atoms with Crippen molar-refractivity contribution in [3.63, 3.8) is 0 Å². The maximum atomic E-state index is 10.9. The lowest BCUT2D eigenvalue weighted by molar-refractivity contribution is -0.137. The molecular weight excluding hydrogens is 264 g/mol. The molecule has 3 heteroatoms. The highest BCUT2D eigenvalue weighted by Gasteiger charge is 2.00. The van der Waals surface area contributed by atoms with Crippen molar-refractivity contribution >= 4 is 11.9 Å². The van der Waals surface area contributed by atoms with Gasteiger partial charge in [0.15, 0.2) is 0 Å². The minimum Gasteiger partial charge on any atom is -0.481 e. The van der Waals surface area contributed by atoms with Gasteiger partial charge in [0.2, 0.25) is 0 Å². The molecule has 0 unspecified atom stereocenters. The summed E-state index contributed by atoms with van der Waals surface area (Å²) in [6, 6.07) is 0. The summed E-state index contributed by atoms with van der Waals surface area (Å²) in [4.78, 5) is 21.2. The minimum atomic E-state index is -0.699. The number of hydrogen-bond acceptors (Lipinski definition) is 2. The van der Waals surface area contributed by atoms with E-state index in [1.54, 1.807) is 0 Å². The van der Waals surface area contributed by atoms with Crippen molar-refractivity contribution in [2.45, 2.75) is 96.8 Å². The highest BCUT2D eigenvalue weighted by Crippen LogP contribution is 2.16. The number of carboxylic acid groups (broad SMARTS) is 1. The monoisotopic (exact) mass is 296 g/mol. The molecule has 0 amide bonds. The van der Waals surface area contributed by atoms with Crippen LogP contribution in [0.3, 0.4) is 0 Å². The molecular formula is C18H32O3. The molecule has 0 bridgehead atoms. The van der Waals surface area contributed by atoms with E-state index in [1.807, 2.05) is 0 Å². The van der Waals surface area contributed by atoms with Gasteiger partial charge >= 0.3 is 5.97 Å². The number of hydrogen-bond donors (Lipinski definition) is 1. The zero-order valence-corrected chi connectivity index (χ0v) is 13.7. The first-order chi connectivity index (χ1) is 10.2. The average Bonchev–Trinajstić information content (AvgIpc) is 2.47. The predicted octanol–water partition coefficient (Wildman–Crippen LogP) is 5.31. The summed E-state index contributed by atoms with van der Waals surface area (Å²) in [5.41, 5.74) is 0.956. The Hall–Kier alpha value is -1.08. The molecule has 0 fully saturated rings. The van der Waals surface area contributed by atoms with E-state index < -0.39 is 5.97 Å². The lowest BCUT2D eigenvalue weighted by atomic mass is 10.0. The fourth-order valence-corrected chi connectivity index (χ4v) is 2.49. The van der Waals surface area contributed by atoms with Crippen LogP contribution in [0.1, 0.15) is 96.8 Å². The molecule has 0 saturated carbocycles. The van der Waals surface area contributed by atoms with Gasteiger partial charge in [0, 0.05) is 12.0 Å². The first-order valence-corrected chi connectivity index (χ1v) is 8.65. The first-order valence-electron chi connectivity index (χ1n) is 8.65. The third-order valence-corrected chi connectivity index (χ3v) is 3.85. The fourth-order valence-electron chi connectivity index (χ4n) is 2.49. The minimum absolute atomic E-state index is 0.288. The van der Waals surface area contributed by atoms with Crippen molar-refractivity contribution in [2.75, 3.05) is 0 Å². The van der Waals surface area contributed by atoms with Crippen LogP contribution < -0.4 is 0 Å². The maximum Gasteiger partial charge on any atom is 0.303 e. The van der Waals surface area contributed by atoms with E-state index in [4.69, 9.17) is 5.11 Å². The largest absolute Gasteiger partial charge is 0.481 e. The second kappa shape index (κ2) is 15.3. The van der Waals surface area contributed by atoms with Gasteiger partial charge in [-0.15, -0.1) is 0 Å². The summed E-state index contributed by atoms with van der Waals surface area (Å²) < 4.78 is 0. The van der Waals surface area contributed by atoms with Gasteiger partial charge in [-0.05, 0) is 32.1 Å². The Kier molecular flexibility index (Phi) is 14.5. The van der Waals surface area contributed by atoms with Gasteiger partial charge in [-0.1, -0.05) is 58.3 Å². The summed E-state index contributed by atoms with van der Waals surface area (Å²) in [5, 5.41) is 8.52. The smallest absolute Gasteiger partial charge is 0.303 e. The zero-order valence-electron chi connectivity index (χ0n) is 13.7. The standard InChI is InChI=1S/C18H32O3/c1-2-3-4-7-10-13-17(16-19)14-11-8-5-6-9-12-15-18(20)21/h2-15H2,1H3,(H,20,21). The average molecular weight is 296 g/mol. The van der Waals surface area contributed by atoms with Gasteiger partial charge in [0.05, 0.1) is 0 Å². The third-order valence-electron chi connectivity index (χ3n) is 3.85. The van der Waals surface area contributed by atoms with Gasteiger partial charge in [-0.25, -0.2) is 4.79 Å². The molecule has 3 nitrogen and oxygen atoms in total. The lowest BCUT2D eigenvalue weighted by Gasteiger charge is -2.04. The molecule has 0 heterocycles. The number of carbonyl (C=O) groups is 1. The van der Waals surface area contributed by atoms with Crippen molar-refractivity contribution in [1.82, 2.24) is 0 Å². The summed E-state index contributed by atoms with van der Waals surface area (Å²) in [5.74, 6) is 1.42. The van der Waals surface area contributed by atoms with Gasteiger partial charge in [-0.2, -0.15) is 0 Å². The van der Waals surface area contributed by atoms with Crippen molar-refractivity contribution in [3.05, 3.63) is 5.57 Å². The molecule has 0 aliphatic carbocycles. The van der Waals surface area contributed by atoms with Crippen molar-refractivity contribution in [2.24, 2.45) is 0 Å². The van der Waals surface area contributed by atoms with E-state index in [0.29, 0.717) is 0 Å². The maximum absolute atomic E-state index is 10.9. The number of carboxylic acids is 1. The highest BCUT2D eigenvalue weighted by atomic mass is 16.4. The van der Waals surface area contributed by atoms with Gasteiger partial charge in [0.25, 0.3) is 0 Å². The Morgan fingerprint density at radius 1 is 0.762 bits per heavy atom. The van der Waals surface area contributed by atoms with E-state index in [2.05, 4.69) is 12.9 Å². The summed E-state index contributed by atoms with van der Waals surface area (Å²) in [6.07, 6.45) is 14.5. The predicted molar refractivity (Wildman–Crippen MR) is 87.2 cm³/mol. The Balaban J connectivity index is 3.39. The summed E-state index contributed by atoms with van der Waals surface area (Å²) in [7, 11) is 0. The Morgan fingerprint density at radius 3 is 1.62 bits per heavy atom. The van der Waals surface area contributed by atoms with E-state index in [9.17, 15) is 9.59 Å². The van der Waals surface area contributed by atoms with Crippen molar-refractivity contribution in [3.8, 4) is 0 Å². The quantitative estimate of drug-likeness (QED) is 0.329. The van der Waals surface area contributed by atoms with E-state index in [0.717, 1.165) is 63.4 Å². The van der Waals surface area contributed by atoms with Gasteiger partial charge in [-0.3, -0.25) is 4.79 Å². The lowest BCUT2D eigenvalue weighted by Crippen LogP contribution is -1.93. The normalized spacial score (nSPS) is 10.3. The van der Waals surface area contributed by atoms with Crippen LogP contribution in [0.4, 0.5) is 0 Å². The molecule has 0 aliphatic rings. The second-order valence-electron chi connectivity index (χ2n) is 5.88. The van der Waals surface area contributed by atoms with Crippen molar-refractivity contribution in [1.29, 1.82) is 0 Å². The zero-order chi connectivity index (χ0) is 15.8. The van der Waals surface area contributed by atoms with Crippen LogP contribution in [0, 0.1) is 0 Å². The number of unbranched alkanes of at least 4 members (excludes halogenated alkanes) is 9. The molecule has 0 atom stereocenters. The number of rotatable bonds is 15. The number of allylic oxidation sites excluding steroid dienone is 1. The second-order valence-corrected chi connectivity index (χ2v) is 5.88. The third kappa shape index (κ3) is 15.1. The molecule has 0 aromatic heterocycles. The van der Waals surface area contributed by atoms with Crippen LogP contribution in [0.25, 0.3) is 0 Å². The van der Waals surface area contributed by atoms with Gasteiger partial charge in [0.1, 0.15) is 5.94 Å². The Bertz CT molecular complexity index is 304. The van der Waals surface area contributed by atoms with E-state index in [-0.39, 0.29) is 6.42 Å². The van der Waals surface area contributed by atoms with E-state index >= 15 is 0 Å². The van der Waals surface area contributed by atoms with Crippen LogP contribution in [0.15, 0.2) is 5.57 Å². The molecule has 0 rings (SSSR count). The fraction of sp³-hybridized carbons (Fsp3) is 0.833. The number of aliphatic carboxylic acids is 1.